The summed E-state index contributed by atoms with van der Waals surface area (Å²) in [6.07, 6.45) is 7.56. The Hall–Kier alpha value is -1.05. The lowest BCUT2D eigenvalue weighted by Gasteiger charge is -2.48. The summed E-state index contributed by atoms with van der Waals surface area (Å²) in [4.78, 5) is 4.69. The Labute approximate surface area is 223 Å². The molecule has 192 valence electrons. The Morgan fingerprint density at radius 3 is 2.89 bits per heavy atom. The number of rotatable bonds is 1. The van der Waals surface area contributed by atoms with Crippen molar-refractivity contribution < 1.29 is 14.1 Å². The van der Waals surface area contributed by atoms with Crippen LogP contribution in [0, 0.1) is 6.16 Å². The summed E-state index contributed by atoms with van der Waals surface area (Å²) in [6.45, 7) is 8.39. The minimum Gasteiger partial charge on any atom is -0.399 e. The largest absolute Gasteiger partial charge is 0.399 e. The number of hydrogen-bond acceptors (Lipinski definition) is 4. The molecule has 1 spiro atoms. The number of hydrogen-bond donors (Lipinski definition) is 1. The topological polar surface area (TPSA) is 53.0 Å². The summed E-state index contributed by atoms with van der Waals surface area (Å²) < 4.78 is 23.6. The Bertz CT molecular complexity index is 1450. The summed E-state index contributed by atoms with van der Waals surface area (Å²) in [7, 11) is -2.53. The van der Waals surface area contributed by atoms with Crippen LogP contribution in [-0.4, -0.2) is 56.3 Å². The Balaban J connectivity index is 1.62. The second kappa shape index (κ2) is 7.98. The number of anilines is 1. The zero-order valence-electron chi connectivity index (χ0n) is 20.9. The molecule has 8 rings (SSSR count). The van der Waals surface area contributed by atoms with Crippen molar-refractivity contribution in [1.29, 1.82) is 0 Å². The van der Waals surface area contributed by atoms with Gasteiger partial charge >= 0.3 is 0 Å². The SMILES string of the molecule is CC(C)(C)S1(=O)=[P+]2[CH-]C=C(c3cc(Cl)cc4c3N(CCC4)[C@H]3CN1C1(COC1)C3)c1[s+][c-](CO)cc12. The van der Waals surface area contributed by atoms with E-state index in [1.165, 1.54) is 16.8 Å². The second-order valence-corrected chi connectivity index (χ2v) is 20.0. The van der Waals surface area contributed by atoms with Gasteiger partial charge in [-0.3, -0.25) is 0 Å². The molecule has 2 saturated heterocycles. The minimum absolute atomic E-state index is 0.00578. The molecule has 0 saturated carbocycles. The lowest BCUT2D eigenvalue weighted by atomic mass is 9.89. The normalized spacial score (nSPS) is 30.8. The summed E-state index contributed by atoms with van der Waals surface area (Å²) in [5.74, 6) is 0. The van der Waals surface area contributed by atoms with Gasteiger partial charge in [0.1, 0.15) is 4.88 Å². The number of aliphatic hydroxyl groups is 1. The van der Waals surface area contributed by atoms with E-state index in [-0.39, 0.29) is 18.2 Å². The van der Waals surface area contributed by atoms with Gasteiger partial charge in [-0.1, -0.05) is 29.3 Å². The third kappa shape index (κ3) is 3.11. The lowest BCUT2D eigenvalue weighted by Crippen LogP contribution is -2.62. The van der Waals surface area contributed by atoms with Crippen LogP contribution in [0.15, 0.2) is 24.3 Å². The van der Waals surface area contributed by atoms with Gasteiger partial charge in [-0.25, -0.2) is 4.21 Å². The van der Waals surface area contributed by atoms with E-state index in [4.69, 9.17) is 16.3 Å². The van der Waals surface area contributed by atoms with Gasteiger partial charge in [-0.2, -0.15) is 16.0 Å². The number of nitrogens with zero attached hydrogens (tertiary/aromatic N) is 2. The van der Waals surface area contributed by atoms with Crippen molar-refractivity contribution >= 4 is 55.5 Å². The third-order valence-corrected chi connectivity index (χ3v) is 19.2. The van der Waals surface area contributed by atoms with Crippen molar-refractivity contribution in [3.63, 3.8) is 0 Å². The van der Waals surface area contributed by atoms with E-state index in [1.54, 1.807) is 11.3 Å². The first kappa shape index (κ1) is 24.0. The Morgan fingerprint density at radius 1 is 1.39 bits per heavy atom. The van der Waals surface area contributed by atoms with Crippen molar-refractivity contribution in [3.8, 4) is 0 Å². The molecule has 0 radical (unpaired) electrons. The molecule has 5 nitrogen and oxygen atoms in total. The second-order valence-electron chi connectivity index (χ2n) is 11.6. The first-order valence-corrected chi connectivity index (χ1v) is 17.5. The number of aryl methyl sites for hydroxylation is 1. The first-order chi connectivity index (χ1) is 17.2. The summed E-state index contributed by atoms with van der Waals surface area (Å²) in [5, 5.41) is 12.0. The van der Waals surface area contributed by atoms with E-state index in [2.05, 4.69) is 60.4 Å². The smallest absolute Gasteiger partial charge is 0.159 e. The molecule has 6 aliphatic rings. The fraction of sp³-hybridized carbons (Fsp3) is 0.519. The molecule has 1 aromatic heterocycles. The highest BCUT2D eigenvalue weighted by Crippen LogP contribution is 2.56. The average molecular weight is 563 g/mol. The average Bonchev–Trinajstić information content (AvgIpc) is 3.43. The molecular weight excluding hydrogens is 531 g/mol. The van der Waals surface area contributed by atoms with Crippen LogP contribution in [0.1, 0.15) is 54.5 Å². The van der Waals surface area contributed by atoms with Gasteiger partial charge in [0.25, 0.3) is 0 Å². The van der Waals surface area contributed by atoms with E-state index in [1.807, 2.05) is 0 Å². The number of allylic oxidation sites excluding steroid dienone is 1. The molecule has 4 atom stereocenters. The minimum atomic E-state index is -2.53. The van der Waals surface area contributed by atoms with Crippen molar-refractivity contribution in [2.45, 2.75) is 63.0 Å². The molecule has 1 aromatic carbocycles. The quantitative estimate of drug-likeness (QED) is 0.297. The maximum absolute atomic E-state index is 15.8. The molecule has 0 aliphatic carbocycles. The molecule has 9 heteroatoms. The number of aliphatic hydroxyl groups excluding tert-OH is 1. The van der Waals surface area contributed by atoms with Crippen LogP contribution in [0.2, 0.25) is 5.02 Å². The summed E-state index contributed by atoms with van der Waals surface area (Å²) in [6, 6.07) is 6.69. The van der Waals surface area contributed by atoms with Crippen molar-refractivity contribution in [1.82, 2.24) is 4.31 Å². The van der Waals surface area contributed by atoms with Crippen LogP contribution in [0.25, 0.3) is 5.57 Å². The fourth-order valence-corrected chi connectivity index (χ4v) is 17.7. The van der Waals surface area contributed by atoms with Crippen LogP contribution in [0.5, 0.6) is 0 Å². The van der Waals surface area contributed by atoms with E-state index >= 15 is 4.21 Å². The van der Waals surface area contributed by atoms with E-state index < -0.39 is 20.7 Å². The maximum Gasteiger partial charge on any atom is 0.159 e. The summed E-state index contributed by atoms with van der Waals surface area (Å²) >= 11 is 8.37. The molecule has 6 aliphatic heterocycles. The van der Waals surface area contributed by atoms with E-state index in [0.717, 1.165) is 58.0 Å². The van der Waals surface area contributed by atoms with Crippen LogP contribution in [0.4, 0.5) is 5.69 Å². The van der Waals surface area contributed by atoms with Gasteiger partial charge in [0.15, 0.2) is 9.30 Å². The van der Waals surface area contributed by atoms with Crippen LogP contribution < -0.4 is 10.2 Å². The number of fused-ring (bicyclic) bond motifs is 1. The highest BCUT2D eigenvalue weighted by atomic mass is 35.5. The fourth-order valence-electron chi connectivity index (χ4n) is 6.79. The highest BCUT2D eigenvalue weighted by molar-refractivity contribution is 8.32. The molecular formula is C27H32ClN2O3PS2. The number of benzene rings is 1. The molecule has 3 unspecified atom stereocenters. The zero-order valence-corrected chi connectivity index (χ0v) is 24.2. The van der Waals surface area contributed by atoms with Crippen LogP contribution in [-0.2, 0) is 27.1 Å². The molecule has 2 aromatic rings. The monoisotopic (exact) mass is 562 g/mol. The number of ether oxygens (including phenoxy) is 1. The molecule has 4 bridgehead atoms. The van der Waals surface area contributed by atoms with Gasteiger partial charge in [0.2, 0.25) is 0 Å². The molecule has 1 N–H and O–H groups in total. The van der Waals surface area contributed by atoms with Crippen LogP contribution >= 0.6 is 29.6 Å². The van der Waals surface area contributed by atoms with Crippen molar-refractivity contribution in [3.05, 3.63) is 56.3 Å². The van der Waals surface area contributed by atoms with Gasteiger partial charge in [0, 0.05) is 29.8 Å². The zero-order chi connectivity index (χ0) is 25.0. The standard InChI is InChI=1S/C27H32ClN2O3PS2/c1-26(2,3)36(32)30-13-19(12-27(30)15-33-16-27)29-7-4-5-17-9-18(28)10-22(24(17)29)21-6-8-34(36)23-11-20(14-31)35-25(21)23/h6,8-11,19,31H,4-5,7,12-16H2,1-3H3/t19-,36?/m1/s1. The third-order valence-electron chi connectivity index (χ3n) is 8.42. The van der Waals surface area contributed by atoms with Crippen molar-refractivity contribution in [2.75, 3.05) is 31.2 Å². The summed E-state index contributed by atoms with van der Waals surface area (Å²) in [5.41, 5.74) is 4.76. The maximum atomic E-state index is 15.8. The van der Waals surface area contributed by atoms with E-state index in [0.29, 0.717) is 13.2 Å². The Morgan fingerprint density at radius 2 is 2.19 bits per heavy atom. The predicted molar refractivity (Wildman–Crippen MR) is 152 cm³/mol. The predicted octanol–water partition coefficient (Wildman–Crippen LogP) is 5.13. The molecule has 2 fully saturated rings. The van der Waals surface area contributed by atoms with Gasteiger partial charge in [-0.05, 0) is 57.8 Å². The highest BCUT2D eigenvalue weighted by Gasteiger charge is 2.60. The molecule has 7 heterocycles. The van der Waals surface area contributed by atoms with Crippen LogP contribution in [0.3, 0.4) is 0 Å². The molecule has 0 amide bonds. The number of halogens is 1. The molecule has 36 heavy (non-hydrogen) atoms. The van der Waals surface area contributed by atoms with Gasteiger partial charge in [0.05, 0.1) is 58.3 Å². The van der Waals surface area contributed by atoms with Gasteiger partial charge < -0.3 is 14.7 Å². The van der Waals surface area contributed by atoms with Crippen molar-refractivity contribution in [2.24, 2.45) is 0 Å². The number of thiophene rings is 1. The Kier molecular flexibility index (Phi) is 5.33. The lowest BCUT2D eigenvalue weighted by molar-refractivity contribution is -0.0956. The van der Waals surface area contributed by atoms with E-state index in [9.17, 15) is 5.11 Å². The first-order valence-electron chi connectivity index (χ1n) is 12.7. The van der Waals surface area contributed by atoms with Gasteiger partial charge in [-0.15, -0.1) is 0 Å².